The maximum Gasteiger partial charge on any atom is 0.355 e. The SMILES string of the molecule is Cc1sc(Nc2cccc(Cl)c2F)nc1C(=O)O. The molecule has 0 aliphatic rings. The van der Waals surface area contributed by atoms with Crippen LogP contribution in [0.4, 0.5) is 15.2 Å². The van der Waals surface area contributed by atoms with Gasteiger partial charge >= 0.3 is 5.97 Å². The number of hydrogen-bond acceptors (Lipinski definition) is 4. The lowest BCUT2D eigenvalue weighted by Crippen LogP contribution is -1.99. The summed E-state index contributed by atoms with van der Waals surface area (Å²) in [5.41, 5.74) is 0.123. The second-order valence-corrected chi connectivity index (χ2v) is 5.07. The van der Waals surface area contributed by atoms with Crippen LogP contribution in [0.2, 0.25) is 5.02 Å². The first-order valence-electron chi connectivity index (χ1n) is 4.91. The largest absolute Gasteiger partial charge is 0.476 e. The van der Waals surface area contributed by atoms with Crippen LogP contribution in [-0.2, 0) is 0 Å². The Balaban J connectivity index is 2.32. The highest BCUT2D eigenvalue weighted by Gasteiger charge is 2.15. The van der Waals surface area contributed by atoms with Gasteiger partial charge in [0.05, 0.1) is 10.7 Å². The molecule has 2 N–H and O–H groups in total. The number of aromatic nitrogens is 1. The number of nitrogens with zero attached hydrogens (tertiary/aromatic N) is 1. The third-order valence-corrected chi connectivity index (χ3v) is 3.37. The number of carboxylic acid groups (broad SMARTS) is 1. The number of rotatable bonds is 3. The van der Waals surface area contributed by atoms with Crippen molar-refractivity contribution < 1.29 is 14.3 Å². The Morgan fingerprint density at radius 1 is 1.56 bits per heavy atom. The number of carbonyl (C=O) groups is 1. The topological polar surface area (TPSA) is 62.2 Å². The summed E-state index contributed by atoms with van der Waals surface area (Å²) in [6, 6.07) is 4.52. The number of aryl methyl sites for hydroxylation is 1. The minimum absolute atomic E-state index is 0.00765. The molecule has 0 radical (unpaired) electrons. The van der Waals surface area contributed by atoms with Crippen LogP contribution in [0.15, 0.2) is 18.2 Å². The van der Waals surface area contributed by atoms with Gasteiger partial charge in [-0.05, 0) is 19.1 Å². The predicted molar refractivity (Wildman–Crippen MR) is 68.5 cm³/mol. The number of benzene rings is 1. The van der Waals surface area contributed by atoms with Crippen LogP contribution < -0.4 is 5.32 Å². The lowest BCUT2D eigenvalue weighted by molar-refractivity contribution is 0.0690. The third-order valence-electron chi connectivity index (χ3n) is 2.19. The maximum absolute atomic E-state index is 13.6. The molecule has 0 bridgehead atoms. The number of aromatic carboxylic acids is 1. The molecule has 0 aliphatic carbocycles. The highest BCUT2D eigenvalue weighted by atomic mass is 35.5. The standard InChI is InChI=1S/C11H8ClFN2O2S/c1-5-9(10(16)17)15-11(18-5)14-7-4-2-3-6(12)8(7)13/h2-4H,1H3,(H,14,15)(H,16,17). The summed E-state index contributed by atoms with van der Waals surface area (Å²) in [5.74, 6) is -1.70. The molecule has 0 unspecified atom stereocenters. The van der Waals surface area contributed by atoms with E-state index < -0.39 is 11.8 Å². The Morgan fingerprint density at radius 2 is 2.28 bits per heavy atom. The highest BCUT2D eigenvalue weighted by molar-refractivity contribution is 7.15. The van der Waals surface area contributed by atoms with Gasteiger partial charge in [-0.3, -0.25) is 0 Å². The number of hydrogen-bond donors (Lipinski definition) is 2. The fourth-order valence-corrected chi connectivity index (χ4v) is 2.36. The molecule has 0 fully saturated rings. The zero-order valence-electron chi connectivity index (χ0n) is 9.20. The summed E-state index contributed by atoms with van der Waals surface area (Å²) >= 11 is 6.78. The predicted octanol–water partition coefficient (Wildman–Crippen LogP) is 3.69. The van der Waals surface area contributed by atoms with Gasteiger partial charge in [0.25, 0.3) is 0 Å². The fraction of sp³-hybridized carbons (Fsp3) is 0.0909. The molecule has 0 aliphatic heterocycles. The molecule has 94 valence electrons. The summed E-state index contributed by atoms with van der Waals surface area (Å²) in [7, 11) is 0. The Bertz CT molecular complexity index is 615. The zero-order valence-corrected chi connectivity index (χ0v) is 10.8. The van der Waals surface area contributed by atoms with Crippen molar-refractivity contribution in [2.75, 3.05) is 5.32 Å². The van der Waals surface area contributed by atoms with E-state index in [1.165, 1.54) is 12.1 Å². The van der Waals surface area contributed by atoms with Crippen LogP contribution in [0.5, 0.6) is 0 Å². The lowest BCUT2D eigenvalue weighted by Gasteiger charge is -2.04. The zero-order chi connectivity index (χ0) is 13.3. The second kappa shape index (κ2) is 4.91. The van der Waals surface area contributed by atoms with E-state index in [-0.39, 0.29) is 16.4 Å². The summed E-state index contributed by atoms with van der Waals surface area (Å²) in [6.45, 7) is 1.64. The van der Waals surface area contributed by atoms with Crippen LogP contribution in [-0.4, -0.2) is 16.1 Å². The Labute approximate surface area is 111 Å². The minimum Gasteiger partial charge on any atom is -0.476 e. The van der Waals surface area contributed by atoms with E-state index in [2.05, 4.69) is 10.3 Å². The molecule has 7 heteroatoms. The molecular formula is C11H8ClFN2O2S. The Kier molecular flexibility index (Phi) is 3.49. The van der Waals surface area contributed by atoms with Crippen molar-refractivity contribution in [3.8, 4) is 0 Å². The molecule has 2 aromatic rings. The fourth-order valence-electron chi connectivity index (χ4n) is 1.36. The van der Waals surface area contributed by atoms with Gasteiger partial charge in [0, 0.05) is 4.88 Å². The molecule has 0 saturated heterocycles. The van der Waals surface area contributed by atoms with E-state index in [4.69, 9.17) is 16.7 Å². The molecule has 4 nitrogen and oxygen atoms in total. The Morgan fingerprint density at radius 3 is 2.89 bits per heavy atom. The summed E-state index contributed by atoms with van der Waals surface area (Å²) in [4.78, 5) is 15.3. The van der Waals surface area contributed by atoms with Gasteiger partial charge in [0.2, 0.25) is 0 Å². The van der Waals surface area contributed by atoms with E-state index in [1.807, 2.05) is 0 Å². The van der Waals surface area contributed by atoms with Crippen molar-refractivity contribution >= 4 is 39.7 Å². The van der Waals surface area contributed by atoms with E-state index in [0.29, 0.717) is 10.0 Å². The Hall–Kier alpha value is -1.66. The van der Waals surface area contributed by atoms with E-state index in [1.54, 1.807) is 13.0 Å². The number of nitrogens with one attached hydrogen (secondary N) is 1. The molecule has 1 aromatic carbocycles. The van der Waals surface area contributed by atoms with Crippen molar-refractivity contribution in [2.45, 2.75) is 6.92 Å². The monoisotopic (exact) mass is 286 g/mol. The second-order valence-electron chi connectivity index (χ2n) is 3.46. The third kappa shape index (κ3) is 2.44. The first kappa shape index (κ1) is 12.8. The number of anilines is 2. The molecule has 0 amide bonds. The lowest BCUT2D eigenvalue weighted by atomic mass is 10.3. The smallest absolute Gasteiger partial charge is 0.355 e. The normalized spacial score (nSPS) is 10.4. The van der Waals surface area contributed by atoms with Gasteiger partial charge < -0.3 is 10.4 Å². The number of halogens is 2. The van der Waals surface area contributed by atoms with Crippen LogP contribution in [0.3, 0.4) is 0 Å². The van der Waals surface area contributed by atoms with Crippen molar-refractivity contribution in [1.82, 2.24) is 4.98 Å². The van der Waals surface area contributed by atoms with Crippen molar-refractivity contribution in [2.24, 2.45) is 0 Å². The molecule has 2 rings (SSSR count). The van der Waals surface area contributed by atoms with E-state index >= 15 is 0 Å². The van der Waals surface area contributed by atoms with Gasteiger partial charge in [-0.15, -0.1) is 11.3 Å². The summed E-state index contributed by atoms with van der Waals surface area (Å²) in [5, 5.41) is 11.9. The van der Waals surface area contributed by atoms with Crippen LogP contribution in [0, 0.1) is 12.7 Å². The molecule has 0 atom stereocenters. The number of thiazole rings is 1. The number of carboxylic acids is 1. The van der Waals surface area contributed by atoms with Gasteiger partial charge in [0.15, 0.2) is 16.6 Å². The highest BCUT2D eigenvalue weighted by Crippen LogP contribution is 2.29. The molecular weight excluding hydrogens is 279 g/mol. The minimum atomic E-state index is -1.11. The molecule has 18 heavy (non-hydrogen) atoms. The molecule has 1 aromatic heterocycles. The van der Waals surface area contributed by atoms with E-state index in [9.17, 15) is 9.18 Å². The summed E-state index contributed by atoms with van der Waals surface area (Å²) < 4.78 is 13.6. The quantitative estimate of drug-likeness (QED) is 0.903. The van der Waals surface area contributed by atoms with Gasteiger partial charge in [-0.2, -0.15) is 0 Å². The molecule has 0 spiro atoms. The van der Waals surface area contributed by atoms with E-state index in [0.717, 1.165) is 11.3 Å². The van der Waals surface area contributed by atoms with Crippen LogP contribution in [0.25, 0.3) is 0 Å². The molecule has 1 heterocycles. The van der Waals surface area contributed by atoms with Crippen LogP contribution in [0.1, 0.15) is 15.4 Å². The maximum atomic E-state index is 13.6. The van der Waals surface area contributed by atoms with Gasteiger partial charge in [0.1, 0.15) is 0 Å². The van der Waals surface area contributed by atoms with Crippen LogP contribution >= 0.6 is 22.9 Å². The van der Waals surface area contributed by atoms with Crippen molar-refractivity contribution in [3.63, 3.8) is 0 Å². The van der Waals surface area contributed by atoms with Gasteiger partial charge in [-0.25, -0.2) is 14.2 Å². The van der Waals surface area contributed by atoms with Crippen molar-refractivity contribution in [1.29, 1.82) is 0 Å². The van der Waals surface area contributed by atoms with Gasteiger partial charge in [-0.1, -0.05) is 17.7 Å². The average Bonchev–Trinajstić information content (AvgIpc) is 2.66. The first-order chi connectivity index (χ1) is 8.49. The summed E-state index contributed by atoms with van der Waals surface area (Å²) in [6.07, 6.45) is 0. The average molecular weight is 287 g/mol. The molecule has 0 saturated carbocycles. The van der Waals surface area contributed by atoms with Crippen molar-refractivity contribution in [3.05, 3.63) is 39.6 Å². The first-order valence-corrected chi connectivity index (χ1v) is 6.10.